The Morgan fingerprint density at radius 3 is 2.60 bits per heavy atom. The van der Waals surface area contributed by atoms with Gasteiger partial charge in [-0.25, -0.2) is 14.2 Å². The summed E-state index contributed by atoms with van der Waals surface area (Å²) < 4.78 is 26.5. The highest BCUT2D eigenvalue weighted by Gasteiger charge is 2.26. The lowest BCUT2D eigenvalue weighted by Gasteiger charge is -2.04. The third kappa shape index (κ3) is 3.59. The number of hydrazone groups is 1. The van der Waals surface area contributed by atoms with E-state index in [9.17, 15) is 18.4 Å². The van der Waals surface area contributed by atoms with Gasteiger partial charge < -0.3 is 5.32 Å². The second-order valence-electron chi connectivity index (χ2n) is 4.51. The van der Waals surface area contributed by atoms with Gasteiger partial charge in [0.2, 0.25) is 0 Å². The van der Waals surface area contributed by atoms with Crippen LogP contribution in [0.5, 0.6) is 0 Å². The Morgan fingerprint density at radius 1 is 1.25 bits per heavy atom. The van der Waals surface area contributed by atoms with Crippen LogP contribution in [0.2, 0.25) is 0 Å². The molecule has 0 radical (unpaired) electrons. The maximum atomic E-state index is 13.4. The minimum atomic E-state index is -0.937. The van der Waals surface area contributed by atoms with Crippen molar-refractivity contribution in [2.24, 2.45) is 5.10 Å². The van der Waals surface area contributed by atoms with E-state index in [0.717, 1.165) is 31.0 Å². The fourth-order valence-corrected chi connectivity index (χ4v) is 1.50. The molecule has 0 aliphatic heterocycles. The van der Waals surface area contributed by atoms with E-state index < -0.39 is 23.4 Å². The van der Waals surface area contributed by atoms with Crippen molar-refractivity contribution < 1.29 is 18.4 Å². The summed E-state index contributed by atoms with van der Waals surface area (Å²) in [5.74, 6) is -3.00. The van der Waals surface area contributed by atoms with Gasteiger partial charge in [-0.15, -0.1) is 0 Å². The zero-order valence-electron chi connectivity index (χ0n) is 10.7. The molecule has 5 nitrogen and oxygen atoms in total. The van der Waals surface area contributed by atoms with Crippen molar-refractivity contribution in [1.82, 2.24) is 10.7 Å². The first-order chi connectivity index (χ1) is 9.47. The normalized spacial score (nSPS) is 14.8. The van der Waals surface area contributed by atoms with Crippen molar-refractivity contribution in [1.29, 1.82) is 0 Å². The Bertz CT molecular complexity index is 583. The first-order valence-corrected chi connectivity index (χ1v) is 6.08. The average molecular weight is 281 g/mol. The maximum absolute atomic E-state index is 13.4. The molecule has 0 aromatic heterocycles. The van der Waals surface area contributed by atoms with E-state index in [-0.39, 0.29) is 17.3 Å². The number of amides is 2. The van der Waals surface area contributed by atoms with E-state index >= 15 is 0 Å². The van der Waals surface area contributed by atoms with E-state index in [1.165, 1.54) is 6.92 Å². The molecule has 1 fully saturated rings. The highest BCUT2D eigenvalue weighted by Crippen LogP contribution is 2.18. The van der Waals surface area contributed by atoms with E-state index in [1.54, 1.807) is 0 Å². The molecule has 0 spiro atoms. The lowest BCUT2D eigenvalue weighted by Crippen LogP contribution is -2.39. The molecule has 1 aromatic carbocycles. The third-order valence-electron chi connectivity index (χ3n) is 2.76. The summed E-state index contributed by atoms with van der Waals surface area (Å²) in [6.07, 6.45) is 1.71. The van der Waals surface area contributed by atoms with Gasteiger partial charge in [-0.1, -0.05) is 0 Å². The molecule has 106 valence electrons. The summed E-state index contributed by atoms with van der Waals surface area (Å²) in [5.41, 5.74) is 2.00. The molecule has 1 aromatic rings. The van der Waals surface area contributed by atoms with Crippen LogP contribution in [0, 0.1) is 11.6 Å². The van der Waals surface area contributed by atoms with E-state index in [4.69, 9.17) is 0 Å². The monoisotopic (exact) mass is 281 g/mol. The summed E-state index contributed by atoms with van der Waals surface area (Å²) in [4.78, 5) is 22.7. The highest BCUT2D eigenvalue weighted by molar-refractivity contribution is 6.35. The molecule has 7 heteroatoms. The number of halogens is 2. The van der Waals surface area contributed by atoms with Crippen LogP contribution in [-0.4, -0.2) is 23.6 Å². The van der Waals surface area contributed by atoms with Gasteiger partial charge >= 0.3 is 11.8 Å². The molecule has 0 saturated heterocycles. The van der Waals surface area contributed by atoms with Crippen molar-refractivity contribution in [3.63, 3.8) is 0 Å². The van der Waals surface area contributed by atoms with Crippen molar-refractivity contribution in [3.05, 3.63) is 35.4 Å². The van der Waals surface area contributed by atoms with Crippen LogP contribution >= 0.6 is 0 Å². The van der Waals surface area contributed by atoms with Crippen LogP contribution in [-0.2, 0) is 9.59 Å². The summed E-state index contributed by atoms with van der Waals surface area (Å²) >= 11 is 0. The third-order valence-corrected chi connectivity index (χ3v) is 2.76. The zero-order valence-corrected chi connectivity index (χ0v) is 10.7. The second-order valence-corrected chi connectivity index (χ2v) is 4.51. The van der Waals surface area contributed by atoms with Gasteiger partial charge in [0, 0.05) is 11.6 Å². The molecule has 0 heterocycles. The van der Waals surface area contributed by atoms with Gasteiger partial charge in [0.25, 0.3) is 0 Å². The largest absolute Gasteiger partial charge is 0.345 e. The molecule has 2 N–H and O–H groups in total. The van der Waals surface area contributed by atoms with Crippen LogP contribution in [0.4, 0.5) is 8.78 Å². The summed E-state index contributed by atoms with van der Waals surface area (Å²) in [6.45, 7) is 1.40. The van der Waals surface area contributed by atoms with Gasteiger partial charge in [0.05, 0.1) is 5.71 Å². The molecule has 20 heavy (non-hydrogen) atoms. The molecule has 1 aliphatic rings. The van der Waals surface area contributed by atoms with E-state index in [0.29, 0.717) is 0 Å². The minimum Gasteiger partial charge on any atom is -0.345 e. The van der Waals surface area contributed by atoms with Crippen LogP contribution in [0.25, 0.3) is 0 Å². The van der Waals surface area contributed by atoms with Crippen molar-refractivity contribution in [2.75, 3.05) is 0 Å². The molecule has 0 atom stereocenters. The van der Waals surface area contributed by atoms with Crippen molar-refractivity contribution >= 4 is 17.5 Å². The first kappa shape index (κ1) is 14.1. The zero-order chi connectivity index (χ0) is 14.7. The van der Waals surface area contributed by atoms with Crippen LogP contribution < -0.4 is 10.7 Å². The number of carbonyl (C=O) groups excluding carboxylic acids is 2. The SMILES string of the molecule is C/C(=N/NC(=O)C(=O)NC1CC1)c1cc(F)ccc1F. The number of hydrogen-bond acceptors (Lipinski definition) is 3. The molecule has 2 amide bonds. The summed E-state index contributed by atoms with van der Waals surface area (Å²) in [6, 6.07) is 2.96. The minimum absolute atomic E-state index is 0.0546. The van der Waals surface area contributed by atoms with Crippen molar-refractivity contribution in [3.8, 4) is 0 Å². The van der Waals surface area contributed by atoms with Crippen LogP contribution in [0.15, 0.2) is 23.3 Å². The highest BCUT2D eigenvalue weighted by atomic mass is 19.1. The van der Waals surface area contributed by atoms with Crippen molar-refractivity contribution in [2.45, 2.75) is 25.8 Å². The quantitative estimate of drug-likeness (QED) is 0.494. The molecular weight excluding hydrogens is 268 g/mol. The summed E-state index contributed by atoms with van der Waals surface area (Å²) in [7, 11) is 0. The van der Waals surface area contributed by atoms with Crippen LogP contribution in [0.3, 0.4) is 0 Å². The molecule has 1 aliphatic carbocycles. The number of nitrogens with zero attached hydrogens (tertiary/aromatic N) is 1. The smallest absolute Gasteiger partial charge is 0.329 e. The summed E-state index contributed by atoms with van der Waals surface area (Å²) in [5, 5.41) is 6.08. The van der Waals surface area contributed by atoms with Crippen LogP contribution in [0.1, 0.15) is 25.3 Å². The lowest BCUT2D eigenvalue weighted by molar-refractivity contribution is -0.139. The number of benzene rings is 1. The predicted molar refractivity (Wildman–Crippen MR) is 67.9 cm³/mol. The van der Waals surface area contributed by atoms with Gasteiger partial charge in [0.1, 0.15) is 11.6 Å². The molecule has 0 bridgehead atoms. The Kier molecular flexibility index (Phi) is 4.07. The standard InChI is InChI=1S/C13H13F2N3O2/c1-7(10-6-8(14)2-5-11(10)15)17-18-13(20)12(19)16-9-3-4-9/h2,5-6,9H,3-4H2,1H3,(H,16,19)(H,18,20)/b17-7-. The molecule has 2 rings (SSSR count). The fraction of sp³-hybridized carbons (Fsp3) is 0.308. The lowest BCUT2D eigenvalue weighted by atomic mass is 10.1. The topological polar surface area (TPSA) is 70.6 Å². The van der Waals surface area contributed by atoms with E-state index in [2.05, 4.69) is 10.4 Å². The number of hydrogen-bond donors (Lipinski definition) is 2. The predicted octanol–water partition coefficient (Wildman–Crippen LogP) is 1.08. The molecule has 0 unspecified atom stereocenters. The Labute approximate surface area is 114 Å². The van der Waals surface area contributed by atoms with Gasteiger partial charge in [-0.2, -0.15) is 5.10 Å². The molecular formula is C13H13F2N3O2. The van der Waals surface area contributed by atoms with Gasteiger partial charge in [-0.3, -0.25) is 9.59 Å². The average Bonchev–Trinajstić information content (AvgIpc) is 3.22. The number of nitrogens with one attached hydrogen (secondary N) is 2. The Hall–Kier alpha value is -2.31. The van der Waals surface area contributed by atoms with E-state index in [1.807, 2.05) is 5.43 Å². The first-order valence-electron chi connectivity index (χ1n) is 6.08. The number of carbonyl (C=O) groups is 2. The second kappa shape index (κ2) is 5.77. The fourth-order valence-electron chi connectivity index (χ4n) is 1.50. The Balaban J connectivity index is 2.00. The van der Waals surface area contributed by atoms with Gasteiger partial charge in [-0.05, 0) is 38.0 Å². The number of rotatable bonds is 3. The molecule has 1 saturated carbocycles. The maximum Gasteiger partial charge on any atom is 0.329 e. The van der Waals surface area contributed by atoms with Gasteiger partial charge in [0.15, 0.2) is 0 Å². The Morgan fingerprint density at radius 2 is 1.95 bits per heavy atom.